The van der Waals surface area contributed by atoms with Gasteiger partial charge in [0.25, 0.3) is 0 Å². The second-order valence-electron chi connectivity index (χ2n) is 6.86. The molecular formula is C18H19N7O3S2. The molecule has 3 aromatic heterocycles. The van der Waals surface area contributed by atoms with E-state index in [0.717, 1.165) is 16.8 Å². The molecule has 30 heavy (non-hydrogen) atoms. The summed E-state index contributed by atoms with van der Waals surface area (Å²) in [4.78, 5) is 19.2. The predicted molar refractivity (Wildman–Crippen MR) is 114 cm³/mol. The van der Waals surface area contributed by atoms with Gasteiger partial charge in [-0.15, -0.1) is 21.5 Å². The maximum Gasteiger partial charge on any atom is 0.233 e. The third-order valence-corrected chi connectivity index (χ3v) is 6.34. The van der Waals surface area contributed by atoms with Crippen LogP contribution in [0.15, 0.2) is 35.9 Å². The smallest absolute Gasteiger partial charge is 0.233 e. The van der Waals surface area contributed by atoms with Gasteiger partial charge in [-0.2, -0.15) is 0 Å². The molecule has 0 saturated heterocycles. The lowest BCUT2D eigenvalue weighted by Gasteiger charge is -2.27. The van der Waals surface area contributed by atoms with E-state index in [4.69, 9.17) is 4.84 Å². The Bertz CT molecular complexity index is 1190. The highest BCUT2D eigenvalue weighted by Crippen LogP contribution is 2.32. The van der Waals surface area contributed by atoms with Crippen LogP contribution < -0.4 is 4.31 Å². The van der Waals surface area contributed by atoms with Gasteiger partial charge in [-0.1, -0.05) is 5.16 Å². The first kappa shape index (κ1) is 20.3. The van der Waals surface area contributed by atoms with Crippen LogP contribution in [0.1, 0.15) is 26.0 Å². The van der Waals surface area contributed by atoms with Crippen molar-refractivity contribution >= 4 is 32.9 Å². The number of hydrogen-bond acceptors (Lipinski definition) is 10. The molecule has 12 heteroatoms. The summed E-state index contributed by atoms with van der Waals surface area (Å²) in [7, 11) is -3.53. The van der Waals surface area contributed by atoms with Crippen LogP contribution >= 0.6 is 11.3 Å². The third-order valence-electron chi connectivity index (χ3n) is 4.14. The summed E-state index contributed by atoms with van der Waals surface area (Å²) in [6.07, 6.45) is 6.45. The molecule has 0 bridgehead atoms. The normalized spacial score (nSPS) is 15.5. The number of anilines is 1. The van der Waals surface area contributed by atoms with Crippen LogP contribution in [0.4, 0.5) is 5.82 Å². The minimum absolute atomic E-state index is 0.119. The Morgan fingerprint density at radius 1 is 1.27 bits per heavy atom. The fourth-order valence-electron chi connectivity index (χ4n) is 2.80. The molecule has 156 valence electrons. The van der Waals surface area contributed by atoms with E-state index in [0.29, 0.717) is 28.5 Å². The van der Waals surface area contributed by atoms with Gasteiger partial charge in [0.1, 0.15) is 22.5 Å². The number of rotatable bonds is 5. The van der Waals surface area contributed by atoms with Gasteiger partial charge in [-0.05, 0) is 26.0 Å². The Morgan fingerprint density at radius 3 is 2.80 bits per heavy atom. The average molecular weight is 446 g/mol. The average Bonchev–Trinajstić information content (AvgIpc) is 3.21. The van der Waals surface area contributed by atoms with E-state index in [2.05, 4.69) is 30.3 Å². The van der Waals surface area contributed by atoms with Crippen LogP contribution in [0.2, 0.25) is 0 Å². The molecule has 0 amide bonds. The van der Waals surface area contributed by atoms with Crippen molar-refractivity contribution in [3.05, 3.63) is 36.4 Å². The summed E-state index contributed by atoms with van der Waals surface area (Å²) in [6.45, 7) is 3.92. The van der Waals surface area contributed by atoms with Gasteiger partial charge in [0.05, 0.1) is 11.1 Å². The first-order valence-electron chi connectivity index (χ1n) is 9.15. The van der Waals surface area contributed by atoms with E-state index in [1.54, 1.807) is 18.6 Å². The Hall–Kier alpha value is -2.99. The summed E-state index contributed by atoms with van der Waals surface area (Å²) < 4.78 is 25.6. The van der Waals surface area contributed by atoms with Crippen LogP contribution in [0, 0.1) is 0 Å². The first-order valence-corrected chi connectivity index (χ1v) is 11.8. The number of thiazole rings is 1. The van der Waals surface area contributed by atoms with Crippen molar-refractivity contribution in [3.8, 4) is 21.3 Å². The van der Waals surface area contributed by atoms with E-state index in [9.17, 15) is 8.42 Å². The van der Waals surface area contributed by atoms with Gasteiger partial charge in [0.2, 0.25) is 10.0 Å². The van der Waals surface area contributed by atoms with E-state index in [-0.39, 0.29) is 18.5 Å². The second-order valence-corrected chi connectivity index (χ2v) is 9.79. The summed E-state index contributed by atoms with van der Waals surface area (Å²) in [6, 6.07) is 3.75. The zero-order valence-electron chi connectivity index (χ0n) is 16.6. The van der Waals surface area contributed by atoms with Crippen LogP contribution in [-0.2, 0) is 14.9 Å². The Balaban J connectivity index is 1.77. The van der Waals surface area contributed by atoms with Gasteiger partial charge in [0, 0.05) is 37.1 Å². The molecule has 0 aromatic carbocycles. The highest BCUT2D eigenvalue weighted by atomic mass is 32.2. The zero-order chi connectivity index (χ0) is 21.3. The number of pyridine rings is 1. The number of fused-ring (bicyclic) bond motifs is 1. The van der Waals surface area contributed by atoms with Gasteiger partial charge >= 0.3 is 0 Å². The van der Waals surface area contributed by atoms with Crippen LogP contribution in [0.3, 0.4) is 0 Å². The van der Waals surface area contributed by atoms with Gasteiger partial charge in [-0.25, -0.2) is 18.4 Å². The number of nitrogens with zero attached hydrogens (tertiary/aromatic N) is 7. The number of oxime groups is 1. The largest absolute Gasteiger partial charge is 0.393 e. The molecule has 0 aliphatic carbocycles. The maximum absolute atomic E-state index is 12.2. The summed E-state index contributed by atoms with van der Waals surface area (Å²) in [5.74, 6) is 0.490. The summed E-state index contributed by atoms with van der Waals surface area (Å²) in [5.41, 5.74) is 1.76. The minimum Gasteiger partial charge on any atom is -0.393 e. The van der Waals surface area contributed by atoms with Gasteiger partial charge in [-0.3, -0.25) is 9.29 Å². The quantitative estimate of drug-likeness (QED) is 0.548. The molecule has 0 spiro atoms. The number of aromatic nitrogens is 5. The lowest BCUT2D eigenvalue weighted by atomic mass is 10.1. The SMILES string of the molecule is CC(C)O/N=C1\CCN(S(C)(=O)=O)c2nnc(-c3cnc(-c4cccnc4)s3)nc21. The zero-order valence-corrected chi connectivity index (χ0v) is 18.2. The fraction of sp³-hybridized carbons (Fsp3) is 0.333. The monoisotopic (exact) mass is 445 g/mol. The summed E-state index contributed by atoms with van der Waals surface area (Å²) >= 11 is 1.40. The standard InChI is InChI=1S/C18H19N7O3S2/c1-11(2)28-24-13-6-8-25(30(3,26)27)17-15(13)21-16(22-23-17)14-10-20-18(29-14)12-5-4-7-19-9-12/h4-5,7,9-11H,6,8H2,1-3H3/b24-13+. The molecule has 1 aliphatic heterocycles. The highest BCUT2D eigenvalue weighted by Gasteiger charge is 2.32. The van der Waals surface area contributed by atoms with Crippen LogP contribution in [-0.4, -0.2) is 58.2 Å². The van der Waals surface area contributed by atoms with Crippen molar-refractivity contribution < 1.29 is 13.3 Å². The third kappa shape index (κ3) is 4.14. The van der Waals surface area contributed by atoms with Crippen molar-refractivity contribution in [3.63, 3.8) is 0 Å². The molecule has 0 atom stereocenters. The molecule has 0 fully saturated rings. The van der Waals surface area contributed by atoms with Crippen LogP contribution in [0.25, 0.3) is 21.3 Å². The van der Waals surface area contributed by atoms with Crippen LogP contribution in [0.5, 0.6) is 0 Å². The molecule has 0 unspecified atom stereocenters. The lowest BCUT2D eigenvalue weighted by molar-refractivity contribution is 0.0855. The Kier molecular flexibility index (Phi) is 5.43. The van der Waals surface area contributed by atoms with E-state index in [1.165, 1.54) is 15.6 Å². The highest BCUT2D eigenvalue weighted by molar-refractivity contribution is 7.92. The van der Waals surface area contributed by atoms with Crippen molar-refractivity contribution in [1.82, 2.24) is 25.1 Å². The number of sulfonamides is 1. The molecule has 4 heterocycles. The van der Waals surface area contributed by atoms with E-state index < -0.39 is 10.0 Å². The van der Waals surface area contributed by atoms with E-state index >= 15 is 0 Å². The van der Waals surface area contributed by atoms with Gasteiger partial charge in [0.15, 0.2) is 11.6 Å². The fourth-order valence-corrected chi connectivity index (χ4v) is 4.49. The van der Waals surface area contributed by atoms with Crippen molar-refractivity contribution in [2.45, 2.75) is 26.4 Å². The molecule has 10 nitrogen and oxygen atoms in total. The maximum atomic E-state index is 12.2. The van der Waals surface area contributed by atoms with Crippen molar-refractivity contribution in [2.75, 3.05) is 17.1 Å². The second kappa shape index (κ2) is 8.03. The van der Waals surface area contributed by atoms with E-state index in [1.807, 2.05) is 26.0 Å². The van der Waals surface area contributed by atoms with Gasteiger partial charge < -0.3 is 4.84 Å². The number of hydrogen-bond donors (Lipinski definition) is 0. The molecule has 1 aliphatic rings. The molecule has 3 aromatic rings. The first-order chi connectivity index (χ1) is 14.3. The Labute approximate surface area is 177 Å². The lowest BCUT2D eigenvalue weighted by Crippen LogP contribution is -2.38. The molecule has 4 rings (SSSR count). The minimum atomic E-state index is -3.53. The van der Waals surface area contributed by atoms with Crippen molar-refractivity contribution in [2.24, 2.45) is 5.16 Å². The molecule has 0 saturated carbocycles. The predicted octanol–water partition coefficient (Wildman–Crippen LogP) is 2.36. The topological polar surface area (TPSA) is 123 Å². The van der Waals surface area contributed by atoms with Crippen molar-refractivity contribution in [1.29, 1.82) is 0 Å². The summed E-state index contributed by atoms with van der Waals surface area (Å²) in [5, 5.41) is 13.3. The molecule has 0 N–H and O–H groups in total. The molecular weight excluding hydrogens is 426 g/mol. The molecule has 0 radical (unpaired) electrons. The Morgan fingerprint density at radius 2 is 2.10 bits per heavy atom.